The van der Waals surface area contributed by atoms with Gasteiger partial charge in [0.15, 0.2) is 0 Å². The molecule has 0 amide bonds. The van der Waals surface area contributed by atoms with E-state index in [1.54, 1.807) is 13.3 Å². The second-order valence-electron chi connectivity index (χ2n) is 4.93. The minimum Gasteiger partial charge on any atom is -0.481 e. The molecule has 2 aromatic rings. The topological polar surface area (TPSA) is 34.1 Å². The third kappa shape index (κ3) is 3.71. The van der Waals surface area contributed by atoms with E-state index in [1.807, 2.05) is 18.2 Å². The van der Waals surface area contributed by atoms with Gasteiger partial charge in [-0.3, -0.25) is 0 Å². The molecule has 1 heterocycles. The maximum absolute atomic E-state index is 6.34. The van der Waals surface area contributed by atoms with E-state index < -0.39 is 0 Å². The number of benzene rings is 1. The molecule has 3 nitrogen and oxygen atoms in total. The Morgan fingerprint density at radius 3 is 2.50 bits per heavy atom. The first-order chi connectivity index (χ1) is 9.60. The van der Waals surface area contributed by atoms with Crippen LogP contribution in [0.15, 0.2) is 36.5 Å². The summed E-state index contributed by atoms with van der Waals surface area (Å²) in [5.41, 5.74) is 3.18. The van der Waals surface area contributed by atoms with Gasteiger partial charge in [-0.15, -0.1) is 0 Å². The van der Waals surface area contributed by atoms with Crippen LogP contribution in [0.25, 0.3) is 11.1 Å². The van der Waals surface area contributed by atoms with Crippen molar-refractivity contribution < 1.29 is 4.74 Å². The zero-order valence-electron chi connectivity index (χ0n) is 12.0. The molecule has 1 aromatic carbocycles. The lowest BCUT2D eigenvalue weighted by molar-refractivity contribution is 0.398. The highest BCUT2D eigenvalue weighted by molar-refractivity contribution is 6.31. The lowest BCUT2D eigenvalue weighted by Crippen LogP contribution is -2.21. The van der Waals surface area contributed by atoms with Crippen molar-refractivity contribution in [1.82, 2.24) is 10.3 Å². The van der Waals surface area contributed by atoms with Gasteiger partial charge < -0.3 is 10.1 Å². The zero-order chi connectivity index (χ0) is 14.5. The predicted octanol–water partition coefficient (Wildman–Crippen LogP) is 3.91. The summed E-state index contributed by atoms with van der Waals surface area (Å²) in [5.74, 6) is 0.609. The highest BCUT2D eigenvalue weighted by atomic mass is 35.5. The molecule has 4 heteroatoms. The van der Waals surface area contributed by atoms with E-state index in [4.69, 9.17) is 16.3 Å². The number of nitrogens with one attached hydrogen (secondary N) is 1. The molecule has 0 spiro atoms. The van der Waals surface area contributed by atoms with E-state index in [0.717, 1.165) is 28.3 Å². The SMILES string of the molecule is COc1ccc(-c2ccc(CNC(C)C)c(Cl)c2)cn1. The largest absolute Gasteiger partial charge is 0.481 e. The third-order valence-corrected chi connectivity index (χ3v) is 3.38. The van der Waals surface area contributed by atoms with Crippen molar-refractivity contribution in [3.8, 4) is 17.0 Å². The Balaban J connectivity index is 2.19. The normalized spacial score (nSPS) is 10.8. The molecule has 0 aliphatic heterocycles. The van der Waals surface area contributed by atoms with Gasteiger partial charge >= 0.3 is 0 Å². The second kappa shape index (κ2) is 6.73. The lowest BCUT2D eigenvalue weighted by Gasteiger charge is -2.11. The minimum atomic E-state index is 0.441. The summed E-state index contributed by atoms with van der Waals surface area (Å²) in [5, 5.41) is 4.13. The summed E-state index contributed by atoms with van der Waals surface area (Å²) in [6.07, 6.45) is 1.79. The minimum absolute atomic E-state index is 0.441. The Bertz CT molecular complexity index is 567. The number of ether oxygens (including phenoxy) is 1. The Labute approximate surface area is 124 Å². The first kappa shape index (κ1) is 14.8. The molecule has 0 bridgehead atoms. The van der Waals surface area contributed by atoms with Crippen molar-refractivity contribution in [2.75, 3.05) is 7.11 Å². The average molecular weight is 291 g/mol. The average Bonchev–Trinajstić information content (AvgIpc) is 2.46. The van der Waals surface area contributed by atoms with Crippen molar-refractivity contribution in [2.24, 2.45) is 0 Å². The number of nitrogens with zero attached hydrogens (tertiary/aromatic N) is 1. The molecule has 1 aromatic heterocycles. The molecule has 0 radical (unpaired) electrons. The number of aromatic nitrogens is 1. The van der Waals surface area contributed by atoms with E-state index in [0.29, 0.717) is 11.9 Å². The van der Waals surface area contributed by atoms with Crippen LogP contribution in [-0.4, -0.2) is 18.1 Å². The number of rotatable bonds is 5. The molecule has 0 saturated heterocycles. The van der Waals surface area contributed by atoms with Crippen LogP contribution < -0.4 is 10.1 Å². The fourth-order valence-electron chi connectivity index (χ4n) is 1.86. The number of pyridine rings is 1. The van der Waals surface area contributed by atoms with Crippen molar-refractivity contribution in [3.05, 3.63) is 47.1 Å². The molecule has 1 N–H and O–H groups in total. The van der Waals surface area contributed by atoms with Gasteiger partial charge in [0.2, 0.25) is 5.88 Å². The Kier molecular flexibility index (Phi) is 4.99. The number of halogens is 1. The van der Waals surface area contributed by atoms with Crippen LogP contribution in [0, 0.1) is 0 Å². The van der Waals surface area contributed by atoms with Gasteiger partial charge in [0.1, 0.15) is 0 Å². The zero-order valence-corrected chi connectivity index (χ0v) is 12.7. The Hall–Kier alpha value is -1.58. The molecule has 2 rings (SSSR count). The van der Waals surface area contributed by atoms with Crippen LogP contribution in [0.4, 0.5) is 0 Å². The van der Waals surface area contributed by atoms with Crippen LogP contribution in [0.1, 0.15) is 19.4 Å². The van der Waals surface area contributed by atoms with Gasteiger partial charge in [-0.1, -0.05) is 37.6 Å². The summed E-state index contributed by atoms with van der Waals surface area (Å²) in [7, 11) is 1.61. The maximum atomic E-state index is 6.34. The molecule has 0 aliphatic rings. The third-order valence-electron chi connectivity index (χ3n) is 3.03. The Morgan fingerprint density at radius 1 is 1.20 bits per heavy atom. The monoisotopic (exact) mass is 290 g/mol. The molecule has 106 valence electrons. The lowest BCUT2D eigenvalue weighted by atomic mass is 10.1. The summed E-state index contributed by atoms with van der Waals surface area (Å²) in [6, 6.07) is 10.4. The summed E-state index contributed by atoms with van der Waals surface area (Å²) in [6.45, 7) is 5.01. The van der Waals surface area contributed by atoms with Crippen molar-refractivity contribution in [2.45, 2.75) is 26.4 Å². The van der Waals surface area contributed by atoms with Gasteiger partial charge in [0.05, 0.1) is 7.11 Å². The summed E-state index contributed by atoms with van der Waals surface area (Å²) < 4.78 is 5.06. The first-order valence-electron chi connectivity index (χ1n) is 6.62. The van der Waals surface area contributed by atoms with E-state index in [-0.39, 0.29) is 0 Å². The molecule has 0 unspecified atom stereocenters. The van der Waals surface area contributed by atoms with E-state index in [1.165, 1.54) is 0 Å². The highest BCUT2D eigenvalue weighted by Crippen LogP contribution is 2.26. The number of methoxy groups -OCH3 is 1. The Morgan fingerprint density at radius 2 is 1.95 bits per heavy atom. The number of hydrogen-bond donors (Lipinski definition) is 1. The molecule has 0 fully saturated rings. The van der Waals surface area contributed by atoms with Crippen LogP contribution in [0.2, 0.25) is 5.02 Å². The molecular formula is C16H19ClN2O. The van der Waals surface area contributed by atoms with Crippen LogP contribution in [0.5, 0.6) is 5.88 Å². The highest BCUT2D eigenvalue weighted by Gasteiger charge is 2.05. The second-order valence-corrected chi connectivity index (χ2v) is 5.34. The molecule has 0 saturated carbocycles. The van der Waals surface area contributed by atoms with Gasteiger partial charge in [0.25, 0.3) is 0 Å². The molecule has 0 atom stereocenters. The van der Waals surface area contributed by atoms with Crippen molar-refractivity contribution >= 4 is 11.6 Å². The smallest absolute Gasteiger partial charge is 0.212 e. The van der Waals surface area contributed by atoms with Gasteiger partial charge in [-0.05, 0) is 23.3 Å². The van der Waals surface area contributed by atoms with Gasteiger partial charge in [-0.25, -0.2) is 4.98 Å². The predicted molar refractivity (Wildman–Crippen MR) is 83.2 cm³/mol. The number of hydrogen-bond acceptors (Lipinski definition) is 3. The first-order valence-corrected chi connectivity index (χ1v) is 7.00. The van der Waals surface area contributed by atoms with E-state index >= 15 is 0 Å². The summed E-state index contributed by atoms with van der Waals surface area (Å²) >= 11 is 6.34. The maximum Gasteiger partial charge on any atom is 0.212 e. The van der Waals surface area contributed by atoms with Crippen molar-refractivity contribution in [1.29, 1.82) is 0 Å². The molecule has 20 heavy (non-hydrogen) atoms. The van der Waals surface area contributed by atoms with Crippen LogP contribution in [-0.2, 0) is 6.54 Å². The fourth-order valence-corrected chi connectivity index (χ4v) is 2.10. The molecule has 0 aliphatic carbocycles. The van der Waals surface area contributed by atoms with Gasteiger partial charge in [-0.2, -0.15) is 0 Å². The van der Waals surface area contributed by atoms with Gasteiger partial charge in [0, 0.05) is 35.4 Å². The van der Waals surface area contributed by atoms with Crippen molar-refractivity contribution in [3.63, 3.8) is 0 Å². The van der Waals surface area contributed by atoms with Crippen LogP contribution in [0.3, 0.4) is 0 Å². The quantitative estimate of drug-likeness (QED) is 0.906. The standard InChI is InChI=1S/C16H19ClN2O/c1-11(2)18-10-14-5-4-12(8-15(14)17)13-6-7-16(20-3)19-9-13/h4-9,11,18H,10H2,1-3H3. The van der Waals surface area contributed by atoms with Crippen LogP contribution >= 0.6 is 11.6 Å². The molecular weight excluding hydrogens is 272 g/mol. The fraction of sp³-hybridized carbons (Fsp3) is 0.312. The summed E-state index contributed by atoms with van der Waals surface area (Å²) in [4.78, 5) is 4.21. The van der Waals surface area contributed by atoms with E-state index in [2.05, 4.69) is 36.3 Å². The van der Waals surface area contributed by atoms with E-state index in [9.17, 15) is 0 Å².